The number of hydrogen-bond acceptors (Lipinski definition) is 5. The predicted molar refractivity (Wildman–Crippen MR) is 110 cm³/mol. The van der Waals surface area contributed by atoms with E-state index < -0.39 is 0 Å². The molecule has 1 aliphatic rings. The predicted octanol–water partition coefficient (Wildman–Crippen LogP) is 3.51. The summed E-state index contributed by atoms with van der Waals surface area (Å²) in [6.07, 6.45) is 2.65. The maximum absolute atomic E-state index is 12.8. The molecule has 0 spiro atoms. The minimum atomic E-state index is -0.186. The van der Waals surface area contributed by atoms with E-state index >= 15 is 0 Å². The molecule has 0 aliphatic carbocycles. The lowest BCUT2D eigenvalue weighted by molar-refractivity contribution is 0.0935. The number of hydrogen-bond donors (Lipinski definition) is 1. The normalized spacial score (nSPS) is 16.2. The average molecular weight is 394 g/mol. The van der Waals surface area contributed by atoms with Crippen molar-refractivity contribution in [3.63, 3.8) is 0 Å². The van der Waals surface area contributed by atoms with Gasteiger partial charge in [0.05, 0.1) is 0 Å². The van der Waals surface area contributed by atoms with Crippen LogP contribution >= 0.6 is 11.6 Å². The number of nitrogens with zero attached hydrogens (tertiary/aromatic N) is 4. The van der Waals surface area contributed by atoms with Crippen LogP contribution in [0.25, 0.3) is 11.4 Å². The summed E-state index contributed by atoms with van der Waals surface area (Å²) < 4.78 is 0. The minimum absolute atomic E-state index is 0.0590. The van der Waals surface area contributed by atoms with Crippen LogP contribution in [0.1, 0.15) is 22.6 Å². The van der Waals surface area contributed by atoms with Crippen molar-refractivity contribution < 1.29 is 4.79 Å². The van der Waals surface area contributed by atoms with Crippen molar-refractivity contribution in [3.8, 4) is 11.4 Å². The number of aromatic nitrogens is 3. The molecule has 2 aromatic heterocycles. The van der Waals surface area contributed by atoms with E-state index in [-0.39, 0.29) is 11.9 Å². The summed E-state index contributed by atoms with van der Waals surface area (Å²) >= 11 is 5.95. The van der Waals surface area contributed by atoms with Crippen LogP contribution in [0.2, 0.25) is 5.02 Å². The summed E-state index contributed by atoms with van der Waals surface area (Å²) in [4.78, 5) is 28.2. The van der Waals surface area contributed by atoms with E-state index in [4.69, 9.17) is 11.6 Å². The number of benzene rings is 1. The number of aryl methyl sites for hydroxylation is 1. The van der Waals surface area contributed by atoms with E-state index in [2.05, 4.69) is 25.2 Å². The van der Waals surface area contributed by atoms with Crippen molar-refractivity contribution >= 4 is 23.3 Å². The largest absolute Gasteiger partial charge is 0.354 e. The lowest BCUT2D eigenvalue weighted by Crippen LogP contribution is -2.37. The SMILES string of the molecule is Cc1cc(C(=O)NC2CCN(c3ccccn3)C2)nc(-c2ccc(Cl)cc2)n1. The van der Waals surface area contributed by atoms with Crippen molar-refractivity contribution in [1.82, 2.24) is 20.3 Å². The smallest absolute Gasteiger partial charge is 0.270 e. The number of carbonyl (C=O) groups is 1. The summed E-state index contributed by atoms with van der Waals surface area (Å²) in [5, 5.41) is 3.74. The minimum Gasteiger partial charge on any atom is -0.354 e. The Balaban J connectivity index is 1.47. The van der Waals surface area contributed by atoms with Gasteiger partial charge in [-0.25, -0.2) is 15.0 Å². The number of rotatable bonds is 4. The maximum Gasteiger partial charge on any atom is 0.270 e. The second-order valence-corrected chi connectivity index (χ2v) is 7.25. The zero-order valence-electron chi connectivity index (χ0n) is 15.5. The van der Waals surface area contributed by atoms with E-state index in [1.54, 1.807) is 24.4 Å². The van der Waals surface area contributed by atoms with Gasteiger partial charge in [-0.3, -0.25) is 4.79 Å². The van der Waals surface area contributed by atoms with Crippen LogP contribution in [0, 0.1) is 6.92 Å². The second kappa shape index (κ2) is 7.94. The summed E-state index contributed by atoms with van der Waals surface area (Å²) in [6, 6.07) is 14.9. The third kappa shape index (κ3) is 4.12. The van der Waals surface area contributed by atoms with Gasteiger partial charge in [0.25, 0.3) is 5.91 Å². The fourth-order valence-electron chi connectivity index (χ4n) is 3.30. The molecule has 3 heterocycles. The first-order valence-electron chi connectivity index (χ1n) is 9.17. The number of halogens is 1. The van der Waals surface area contributed by atoms with Crippen LogP contribution in [0.4, 0.5) is 5.82 Å². The van der Waals surface area contributed by atoms with E-state index in [0.717, 1.165) is 36.6 Å². The van der Waals surface area contributed by atoms with Crippen molar-refractivity contribution in [2.75, 3.05) is 18.0 Å². The first-order chi connectivity index (χ1) is 13.6. The van der Waals surface area contributed by atoms with Crippen molar-refractivity contribution in [2.45, 2.75) is 19.4 Å². The number of anilines is 1. The fourth-order valence-corrected chi connectivity index (χ4v) is 3.43. The van der Waals surface area contributed by atoms with Crippen LogP contribution in [0.5, 0.6) is 0 Å². The van der Waals surface area contributed by atoms with E-state index in [0.29, 0.717) is 16.5 Å². The summed E-state index contributed by atoms with van der Waals surface area (Å²) in [5.41, 5.74) is 1.93. The molecule has 3 aromatic rings. The van der Waals surface area contributed by atoms with Crippen molar-refractivity contribution in [2.24, 2.45) is 0 Å². The monoisotopic (exact) mass is 393 g/mol. The standard InChI is InChI=1S/C21H20ClN5O/c1-14-12-18(26-20(24-14)15-5-7-16(22)8-6-15)21(28)25-17-9-11-27(13-17)19-4-2-3-10-23-19/h2-8,10,12,17H,9,11,13H2,1H3,(H,25,28). The molecule has 1 amide bonds. The lowest BCUT2D eigenvalue weighted by atomic mass is 10.2. The summed E-state index contributed by atoms with van der Waals surface area (Å²) in [5.74, 6) is 1.26. The molecular formula is C21H20ClN5O. The Morgan fingerprint density at radius 2 is 2.00 bits per heavy atom. The first-order valence-corrected chi connectivity index (χ1v) is 9.55. The Hall–Kier alpha value is -2.99. The summed E-state index contributed by atoms with van der Waals surface area (Å²) in [6.45, 7) is 3.45. The molecule has 4 rings (SSSR count). The Bertz CT molecular complexity index is 978. The Morgan fingerprint density at radius 1 is 1.18 bits per heavy atom. The molecule has 28 heavy (non-hydrogen) atoms. The molecule has 0 saturated carbocycles. The molecule has 6 nitrogen and oxygen atoms in total. The highest BCUT2D eigenvalue weighted by molar-refractivity contribution is 6.30. The highest BCUT2D eigenvalue weighted by Gasteiger charge is 2.25. The Morgan fingerprint density at radius 3 is 2.75 bits per heavy atom. The van der Waals surface area contributed by atoms with Crippen molar-refractivity contribution in [1.29, 1.82) is 0 Å². The van der Waals surface area contributed by atoms with Gasteiger partial charge in [0.15, 0.2) is 5.82 Å². The van der Waals surface area contributed by atoms with Crippen LogP contribution in [-0.2, 0) is 0 Å². The first kappa shape index (κ1) is 18.4. The highest BCUT2D eigenvalue weighted by atomic mass is 35.5. The average Bonchev–Trinajstić information content (AvgIpc) is 3.17. The molecule has 0 bridgehead atoms. The fraction of sp³-hybridized carbons (Fsp3) is 0.238. The molecule has 1 aliphatic heterocycles. The molecule has 1 atom stereocenters. The highest BCUT2D eigenvalue weighted by Crippen LogP contribution is 2.20. The zero-order chi connectivity index (χ0) is 19.5. The van der Waals surface area contributed by atoms with Crippen LogP contribution in [0.15, 0.2) is 54.7 Å². The van der Waals surface area contributed by atoms with Gasteiger partial charge in [0.1, 0.15) is 11.5 Å². The van der Waals surface area contributed by atoms with E-state index in [1.807, 2.05) is 37.3 Å². The Labute approximate surface area is 168 Å². The molecule has 1 aromatic carbocycles. The van der Waals surface area contributed by atoms with Crippen LogP contribution < -0.4 is 10.2 Å². The van der Waals surface area contributed by atoms with Gasteiger partial charge in [-0.1, -0.05) is 17.7 Å². The van der Waals surface area contributed by atoms with Gasteiger partial charge >= 0.3 is 0 Å². The van der Waals surface area contributed by atoms with Gasteiger partial charge in [-0.15, -0.1) is 0 Å². The molecule has 142 valence electrons. The van der Waals surface area contributed by atoms with Crippen LogP contribution in [-0.4, -0.2) is 40.0 Å². The number of carbonyl (C=O) groups excluding carboxylic acids is 1. The quantitative estimate of drug-likeness (QED) is 0.734. The van der Waals surface area contributed by atoms with Gasteiger partial charge in [-0.2, -0.15) is 0 Å². The molecule has 7 heteroatoms. The maximum atomic E-state index is 12.8. The number of amides is 1. The zero-order valence-corrected chi connectivity index (χ0v) is 16.2. The molecule has 1 fully saturated rings. The van der Waals surface area contributed by atoms with Gasteiger partial charge in [0, 0.05) is 41.6 Å². The summed E-state index contributed by atoms with van der Waals surface area (Å²) in [7, 11) is 0. The molecular weight excluding hydrogens is 374 g/mol. The molecule has 1 unspecified atom stereocenters. The van der Waals surface area contributed by atoms with Gasteiger partial charge in [0.2, 0.25) is 0 Å². The number of pyridine rings is 1. The molecule has 1 N–H and O–H groups in total. The van der Waals surface area contributed by atoms with Crippen LogP contribution in [0.3, 0.4) is 0 Å². The van der Waals surface area contributed by atoms with Crippen molar-refractivity contribution in [3.05, 3.63) is 71.1 Å². The van der Waals surface area contributed by atoms with Gasteiger partial charge in [-0.05, 0) is 55.8 Å². The Kier molecular flexibility index (Phi) is 5.21. The molecule has 0 radical (unpaired) electrons. The van der Waals surface area contributed by atoms with E-state index in [1.165, 1.54) is 0 Å². The molecule has 1 saturated heterocycles. The third-order valence-electron chi connectivity index (χ3n) is 4.69. The topological polar surface area (TPSA) is 71.0 Å². The van der Waals surface area contributed by atoms with E-state index in [9.17, 15) is 4.79 Å². The second-order valence-electron chi connectivity index (χ2n) is 6.82. The third-order valence-corrected chi connectivity index (χ3v) is 4.94. The lowest BCUT2D eigenvalue weighted by Gasteiger charge is -2.17. The number of nitrogens with one attached hydrogen (secondary N) is 1. The van der Waals surface area contributed by atoms with Gasteiger partial charge < -0.3 is 10.2 Å².